The highest BCUT2D eigenvalue weighted by Crippen LogP contribution is 2.60. The zero-order valence-electron chi connectivity index (χ0n) is 11.8. The van der Waals surface area contributed by atoms with Crippen molar-refractivity contribution < 1.29 is 19.7 Å². The summed E-state index contributed by atoms with van der Waals surface area (Å²) in [6.07, 6.45) is 1.14. The van der Waals surface area contributed by atoms with E-state index >= 15 is 0 Å². The number of carbonyl (C=O) groups is 1. The van der Waals surface area contributed by atoms with Gasteiger partial charge in [0.1, 0.15) is 12.7 Å². The van der Waals surface area contributed by atoms with Gasteiger partial charge in [-0.1, -0.05) is 27.2 Å². The molecule has 19 heavy (non-hydrogen) atoms. The predicted octanol–water partition coefficient (Wildman–Crippen LogP) is 1.41. The van der Waals surface area contributed by atoms with Crippen LogP contribution in [-0.4, -0.2) is 35.0 Å². The molecule has 1 heterocycles. The second-order valence-corrected chi connectivity index (χ2v) is 7.15. The van der Waals surface area contributed by atoms with Crippen LogP contribution in [0.25, 0.3) is 0 Å². The summed E-state index contributed by atoms with van der Waals surface area (Å²) in [7, 11) is 0. The summed E-state index contributed by atoms with van der Waals surface area (Å²) < 4.78 is 5.12. The molecule has 4 heteroatoms. The summed E-state index contributed by atoms with van der Waals surface area (Å²) in [4.78, 5) is 12.1. The topological polar surface area (TPSA) is 66.8 Å². The molecule has 0 amide bonds. The number of carbonyl (C=O) groups excluding carboxylic acids is 1. The normalized spacial score (nSPS) is 44.7. The van der Waals surface area contributed by atoms with Crippen molar-refractivity contribution in [3.8, 4) is 0 Å². The Bertz CT molecular complexity index is 465. The van der Waals surface area contributed by atoms with E-state index in [1.54, 1.807) is 0 Å². The van der Waals surface area contributed by atoms with Crippen LogP contribution in [0.2, 0.25) is 0 Å². The third-order valence-corrected chi connectivity index (χ3v) is 5.52. The third kappa shape index (κ3) is 1.56. The van der Waals surface area contributed by atoms with E-state index in [4.69, 9.17) is 4.74 Å². The van der Waals surface area contributed by atoms with Crippen LogP contribution < -0.4 is 0 Å². The van der Waals surface area contributed by atoms with E-state index in [9.17, 15) is 15.0 Å². The van der Waals surface area contributed by atoms with Crippen molar-refractivity contribution in [3.05, 3.63) is 11.1 Å². The molecule has 4 nitrogen and oxygen atoms in total. The first-order valence-electron chi connectivity index (χ1n) is 7.06. The molecule has 1 aliphatic heterocycles. The van der Waals surface area contributed by atoms with E-state index in [1.807, 2.05) is 0 Å². The van der Waals surface area contributed by atoms with Crippen LogP contribution in [-0.2, 0) is 9.53 Å². The molecule has 2 N–H and O–H groups in total. The third-order valence-electron chi connectivity index (χ3n) is 5.52. The summed E-state index contributed by atoms with van der Waals surface area (Å²) in [6, 6.07) is 0. The average Bonchev–Trinajstić information content (AvgIpc) is 2.68. The van der Waals surface area contributed by atoms with Gasteiger partial charge >= 0.3 is 5.97 Å². The number of esters is 1. The van der Waals surface area contributed by atoms with Crippen molar-refractivity contribution in [1.82, 2.24) is 0 Å². The number of rotatable bonds is 0. The standard InChI is InChI=1S/C15H22O4/c1-14(2)5-4-6-15(3)9-8(7-19-13(9)18)10(16)11(17)12(14)15/h10-12,16-17H,4-7H2,1-3H3. The fourth-order valence-electron chi connectivity index (χ4n) is 4.84. The van der Waals surface area contributed by atoms with Crippen LogP contribution in [0.1, 0.15) is 40.0 Å². The van der Waals surface area contributed by atoms with Crippen molar-refractivity contribution in [2.75, 3.05) is 6.61 Å². The minimum Gasteiger partial charge on any atom is -0.458 e. The molecule has 0 bridgehead atoms. The van der Waals surface area contributed by atoms with Crippen LogP contribution in [0.3, 0.4) is 0 Å². The van der Waals surface area contributed by atoms with Gasteiger partial charge in [-0.25, -0.2) is 4.79 Å². The molecule has 3 rings (SSSR count). The molecule has 0 aromatic heterocycles. The second-order valence-electron chi connectivity index (χ2n) is 7.15. The maximum absolute atomic E-state index is 12.1. The number of aliphatic hydroxyl groups is 2. The fourth-order valence-corrected chi connectivity index (χ4v) is 4.84. The van der Waals surface area contributed by atoms with Gasteiger partial charge in [-0.2, -0.15) is 0 Å². The Balaban J connectivity index is 2.18. The van der Waals surface area contributed by atoms with Gasteiger partial charge in [-0.15, -0.1) is 0 Å². The quantitative estimate of drug-likeness (QED) is 0.651. The maximum atomic E-state index is 12.1. The van der Waals surface area contributed by atoms with Gasteiger partial charge in [-0.05, 0) is 18.3 Å². The van der Waals surface area contributed by atoms with Crippen molar-refractivity contribution in [1.29, 1.82) is 0 Å². The number of aliphatic hydroxyl groups excluding tert-OH is 2. The molecule has 4 unspecified atom stereocenters. The zero-order valence-corrected chi connectivity index (χ0v) is 11.8. The summed E-state index contributed by atoms with van der Waals surface area (Å²) in [5, 5.41) is 20.9. The molecule has 0 aromatic rings. The van der Waals surface area contributed by atoms with Crippen LogP contribution in [0.5, 0.6) is 0 Å². The number of hydrogen-bond acceptors (Lipinski definition) is 4. The van der Waals surface area contributed by atoms with Gasteiger partial charge in [0.05, 0.1) is 6.10 Å². The Morgan fingerprint density at radius 1 is 1.21 bits per heavy atom. The first-order chi connectivity index (χ1) is 8.79. The van der Waals surface area contributed by atoms with Crippen LogP contribution in [0, 0.1) is 16.7 Å². The van der Waals surface area contributed by atoms with Crippen LogP contribution >= 0.6 is 0 Å². The van der Waals surface area contributed by atoms with Crippen molar-refractivity contribution in [3.63, 3.8) is 0 Å². The molecule has 0 aromatic carbocycles. The van der Waals surface area contributed by atoms with E-state index in [0.29, 0.717) is 11.1 Å². The van der Waals surface area contributed by atoms with E-state index in [2.05, 4.69) is 20.8 Å². The Kier molecular flexibility index (Phi) is 2.64. The average molecular weight is 266 g/mol. The molecule has 0 spiro atoms. The monoisotopic (exact) mass is 266 g/mol. The molecule has 0 saturated heterocycles. The van der Waals surface area contributed by atoms with Crippen molar-refractivity contribution in [2.24, 2.45) is 16.7 Å². The first-order valence-corrected chi connectivity index (χ1v) is 7.06. The molecule has 0 radical (unpaired) electrons. The number of fused-ring (bicyclic) bond motifs is 2. The molecular formula is C15H22O4. The van der Waals surface area contributed by atoms with E-state index < -0.39 is 12.2 Å². The van der Waals surface area contributed by atoms with E-state index in [0.717, 1.165) is 19.3 Å². The lowest BCUT2D eigenvalue weighted by Gasteiger charge is -2.56. The lowest BCUT2D eigenvalue weighted by molar-refractivity contribution is -0.141. The summed E-state index contributed by atoms with van der Waals surface area (Å²) in [6.45, 7) is 6.43. The highest BCUT2D eigenvalue weighted by molar-refractivity contribution is 5.94. The minimum absolute atomic E-state index is 0.0885. The van der Waals surface area contributed by atoms with Crippen molar-refractivity contribution >= 4 is 5.97 Å². The minimum atomic E-state index is -0.961. The molecule has 2 aliphatic carbocycles. The smallest absolute Gasteiger partial charge is 0.335 e. The number of ether oxygens (including phenoxy) is 1. The summed E-state index contributed by atoms with van der Waals surface area (Å²) in [5.41, 5.74) is 0.787. The Morgan fingerprint density at radius 3 is 2.58 bits per heavy atom. The molecule has 3 aliphatic rings. The molecule has 106 valence electrons. The zero-order chi connectivity index (χ0) is 14.0. The van der Waals surface area contributed by atoms with Gasteiger partial charge in [-0.3, -0.25) is 0 Å². The fraction of sp³-hybridized carbons (Fsp3) is 0.800. The van der Waals surface area contributed by atoms with E-state index in [1.165, 1.54) is 0 Å². The summed E-state index contributed by atoms with van der Waals surface area (Å²) >= 11 is 0. The lowest BCUT2D eigenvalue weighted by Crippen LogP contribution is -2.57. The van der Waals surface area contributed by atoms with Crippen LogP contribution in [0.4, 0.5) is 0 Å². The van der Waals surface area contributed by atoms with Gasteiger partial charge in [0.2, 0.25) is 0 Å². The Morgan fingerprint density at radius 2 is 1.89 bits per heavy atom. The van der Waals surface area contributed by atoms with Gasteiger partial charge in [0.15, 0.2) is 0 Å². The van der Waals surface area contributed by atoms with E-state index in [-0.39, 0.29) is 29.3 Å². The SMILES string of the molecule is CC1(C)CCCC2(C)C3=C(COC3=O)C(O)C(O)C12. The van der Waals surface area contributed by atoms with Gasteiger partial charge in [0, 0.05) is 22.5 Å². The van der Waals surface area contributed by atoms with Gasteiger partial charge < -0.3 is 14.9 Å². The second kappa shape index (κ2) is 3.83. The molecule has 4 atom stereocenters. The highest BCUT2D eigenvalue weighted by atomic mass is 16.5. The summed E-state index contributed by atoms with van der Waals surface area (Å²) in [5.74, 6) is -0.403. The Hall–Kier alpha value is -0.870. The van der Waals surface area contributed by atoms with Crippen LogP contribution in [0.15, 0.2) is 11.1 Å². The maximum Gasteiger partial charge on any atom is 0.335 e. The molecule has 1 fully saturated rings. The lowest BCUT2D eigenvalue weighted by atomic mass is 9.49. The largest absolute Gasteiger partial charge is 0.458 e. The highest BCUT2D eigenvalue weighted by Gasteiger charge is 2.60. The number of cyclic esters (lactones) is 1. The first kappa shape index (κ1) is 13.1. The Labute approximate surface area is 113 Å². The molecule has 1 saturated carbocycles. The predicted molar refractivity (Wildman–Crippen MR) is 69.2 cm³/mol. The van der Waals surface area contributed by atoms with Gasteiger partial charge in [0.25, 0.3) is 0 Å². The number of hydrogen-bond donors (Lipinski definition) is 2. The van der Waals surface area contributed by atoms with Crippen molar-refractivity contribution in [2.45, 2.75) is 52.2 Å². The molecular weight excluding hydrogens is 244 g/mol.